The van der Waals surface area contributed by atoms with Crippen molar-refractivity contribution >= 4 is 28.2 Å². The van der Waals surface area contributed by atoms with Gasteiger partial charge >= 0.3 is 0 Å². The van der Waals surface area contributed by atoms with Crippen LogP contribution in [0.4, 0.5) is 0 Å². The van der Waals surface area contributed by atoms with Gasteiger partial charge in [-0.3, -0.25) is 4.40 Å². The predicted molar refractivity (Wildman–Crippen MR) is 79.9 cm³/mol. The fraction of sp³-hybridized carbons (Fsp3) is 0.308. The zero-order valence-corrected chi connectivity index (χ0v) is 13.0. The molecule has 3 rings (SSSR count). The highest BCUT2D eigenvalue weighted by Crippen LogP contribution is 2.27. The minimum Gasteiger partial charge on any atom is -0.442 e. The van der Waals surface area contributed by atoms with Gasteiger partial charge in [0.25, 0.3) is 0 Å². The van der Waals surface area contributed by atoms with Crippen molar-refractivity contribution in [2.45, 2.75) is 26.2 Å². The molecular formula is C13H13IN4O. The summed E-state index contributed by atoms with van der Waals surface area (Å²) < 4.78 is 8.29. The molecule has 0 aliphatic carbocycles. The van der Waals surface area contributed by atoms with Crippen LogP contribution in [0.5, 0.6) is 0 Å². The molecule has 3 aromatic rings. The minimum atomic E-state index is -0.0629. The van der Waals surface area contributed by atoms with Crippen LogP contribution in [-0.2, 0) is 5.41 Å². The Bertz CT molecular complexity index is 739. The van der Waals surface area contributed by atoms with E-state index in [-0.39, 0.29) is 5.41 Å². The molecule has 0 fully saturated rings. The second kappa shape index (κ2) is 4.29. The maximum atomic E-state index is 5.43. The Hall–Kier alpha value is -1.44. The van der Waals surface area contributed by atoms with E-state index in [1.54, 1.807) is 0 Å². The Balaban J connectivity index is 2.23. The summed E-state index contributed by atoms with van der Waals surface area (Å²) in [7, 11) is 0. The van der Waals surface area contributed by atoms with Gasteiger partial charge in [0.1, 0.15) is 9.53 Å². The van der Waals surface area contributed by atoms with E-state index >= 15 is 0 Å². The number of aromatic nitrogens is 4. The summed E-state index contributed by atoms with van der Waals surface area (Å²) in [4.78, 5) is 4.11. The number of nitrogens with zero attached hydrogens (tertiary/aromatic N) is 4. The molecule has 0 atom stereocenters. The van der Waals surface area contributed by atoms with Crippen molar-refractivity contribution in [1.82, 2.24) is 19.6 Å². The SMILES string of the molecule is CC(C)(C)c1nnc2ccc(-c3ocnc3I)cn12. The van der Waals surface area contributed by atoms with Gasteiger partial charge in [-0.1, -0.05) is 20.8 Å². The molecule has 0 saturated heterocycles. The number of rotatable bonds is 1. The summed E-state index contributed by atoms with van der Waals surface area (Å²) in [5.74, 6) is 1.70. The van der Waals surface area contributed by atoms with Crippen molar-refractivity contribution in [3.05, 3.63) is 34.2 Å². The fourth-order valence-electron chi connectivity index (χ4n) is 1.96. The van der Waals surface area contributed by atoms with Crippen LogP contribution in [0.15, 0.2) is 29.1 Å². The molecule has 0 radical (unpaired) electrons. The Morgan fingerprint density at radius 2 is 2.00 bits per heavy atom. The predicted octanol–water partition coefficient (Wildman–Crippen LogP) is 3.29. The van der Waals surface area contributed by atoms with Crippen molar-refractivity contribution < 1.29 is 4.42 Å². The van der Waals surface area contributed by atoms with Crippen molar-refractivity contribution in [3.63, 3.8) is 0 Å². The van der Waals surface area contributed by atoms with Crippen LogP contribution >= 0.6 is 22.6 Å². The molecule has 0 spiro atoms. The van der Waals surface area contributed by atoms with Gasteiger partial charge in [0, 0.05) is 17.2 Å². The van der Waals surface area contributed by atoms with E-state index in [4.69, 9.17) is 4.42 Å². The van der Waals surface area contributed by atoms with Crippen LogP contribution in [0.25, 0.3) is 17.0 Å². The first kappa shape index (κ1) is 12.6. The standard InChI is InChI=1S/C13H13IN4O/c1-13(2,3)12-17-16-9-5-4-8(6-18(9)12)10-11(14)15-7-19-10/h4-7H,1-3H3. The van der Waals surface area contributed by atoms with E-state index in [1.165, 1.54) is 6.39 Å². The lowest BCUT2D eigenvalue weighted by Crippen LogP contribution is -2.15. The second-order valence-electron chi connectivity index (χ2n) is 5.39. The molecule has 0 aliphatic rings. The first-order valence-corrected chi connectivity index (χ1v) is 6.99. The molecule has 0 aliphatic heterocycles. The summed E-state index contributed by atoms with van der Waals surface area (Å²) >= 11 is 2.16. The molecule has 0 unspecified atom stereocenters. The van der Waals surface area contributed by atoms with E-state index < -0.39 is 0 Å². The van der Waals surface area contributed by atoms with Crippen LogP contribution in [0.2, 0.25) is 0 Å². The van der Waals surface area contributed by atoms with Crippen molar-refractivity contribution in [2.24, 2.45) is 0 Å². The van der Waals surface area contributed by atoms with Crippen molar-refractivity contribution in [2.75, 3.05) is 0 Å². The van der Waals surface area contributed by atoms with E-state index in [0.29, 0.717) is 0 Å². The molecule has 0 N–H and O–H groups in total. The zero-order chi connectivity index (χ0) is 13.6. The van der Waals surface area contributed by atoms with Gasteiger partial charge in [-0.2, -0.15) is 0 Å². The minimum absolute atomic E-state index is 0.0629. The number of oxazole rings is 1. The largest absolute Gasteiger partial charge is 0.442 e. The summed E-state index contributed by atoms with van der Waals surface area (Å²) in [6.07, 6.45) is 3.46. The number of pyridine rings is 1. The van der Waals surface area contributed by atoms with Crippen LogP contribution in [0.1, 0.15) is 26.6 Å². The average Bonchev–Trinajstić information content (AvgIpc) is 2.92. The third-order valence-electron chi connectivity index (χ3n) is 2.86. The summed E-state index contributed by atoms with van der Waals surface area (Å²) in [5, 5.41) is 8.47. The van der Waals surface area contributed by atoms with Crippen molar-refractivity contribution in [3.8, 4) is 11.3 Å². The van der Waals surface area contributed by atoms with E-state index in [2.05, 4.69) is 58.5 Å². The third kappa shape index (κ3) is 2.13. The van der Waals surface area contributed by atoms with Crippen LogP contribution in [0, 0.1) is 3.70 Å². The molecule has 0 amide bonds. The smallest absolute Gasteiger partial charge is 0.182 e. The van der Waals surface area contributed by atoms with Crippen molar-refractivity contribution in [1.29, 1.82) is 0 Å². The highest BCUT2D eigenvalue weighted by Gasteiger charge is 2.21. The van der Waals surface area contributed by atoms with E-state index in [1.807, 2.05) is 22.7 Å². The molecule has 6 heteroatoms. The third-order valence-corrected chi connectivity index (χ3v) is 3.63. The van der Waals surface area contributed by atoms with E-state index in [0.717, 1.165) is 26.5 Å². The molecular weight excluding hydrogens is 355 g/mol. The van der Waals surface area contributed by atoms with Crippen LogP contribution in [-0.4, -0.2) is 19.6 Å². The molecule has 98 valence electrons. The number of hydrogen-bond donors (Lipinski definition) is 0. The van der Waals surface area contributed by atoms with Crippen LogP contribution < -0.4 is 0 Å². The molecule has 0 bridgehead atoms. The second-order valence-corrected chi connectivity index (χ2v) is 6.41. The van der Waals surface area contributed by atoms with Gasteiger partial charge in [-0.25, -0.2) is 4.98 Å². The average molecular weight is 368 g/mol. The molecule has 5 nitrogen and oxygen atoms in total. The highest BCUT2D eigenvalue weighted by molar-refractivity contribution is 14.1. The molecule has 3 heterocycles. The Morgan fingerprint density at radius 1 is 1.21 bits per heavy atom. The van der Waals surface area contributed by atoms with E-state index in [9.17, 15) is 0 Å². The van der Waals surface area contributed by atoms with Crippen LogP contribution in [0.3, 0.4) is 0 Å². The Kier molecular flexibility index (Phi) is 2.84. The number of hydrogen-bond acceptors (Lipinski definition) is 4. The normalized spacial score (nSPS) is 12.2. The lowest BCUT2D eigenvalue weighted by molar-refractivity contribution is 0.538. The van der Waals surface area contributed by atoms with Gasteiger partial charge in [0.2, 0.25) is 0 Å². The molecule has 3 aromatic heterocycles. The first-order valence-electron chi connectivity index (χ1n) is 5.91. The summed E-state index contributed by atoms with van der Waals surface area (Å²) in [5.41, 5.74) is 1.75. The monoisotopic (exact) mass is 368 g/mol. The molecule has 0 aromatic carbocycles. The number of fused-ring (bicyclic) bond motifs is 1. The van der Waals surface area contributed by atoms with Gasteiger partial charge in [0.05, 0.1) is 0 Å². The zero-order valence-electron chi connectivity index (χ0n) is 10.9. The highest BCUT2D eigenvalue weighted by atomic mass is 127. The Morgan fingerprint density at radius 3 is 2.63 bits per heavy atom. The molecule has 19 heavy (non-hydrogen) atoms. The van der Waals surface area contributed by atoms with Gasteiger partial charge < -0.3 is 4.42 Å². The lowest BCUT2D eigenvalue weighted by Gasteiger charge is -2.15. The summed E-state index contributed by atoms with van der Waals surface area (Å²) in [6.45, 7) is 6.36. The Labute approximate surface area is 124 Å². The maximum absolute atomic E-state index is 5.43. The fourth-order valence-corrected chi connectivity index (χ4v) is 2.51. The topological polar surface area (TPSA) is 56.2 Å². The quantitative estimate of drug-likeness (QED) is 0.619. The molecule has 0 saturated carbocycles. The first-order chi connectivity index (χ1) is 8.97. The van der Waals surface area contributed by atoms with Gasteiger partial charge in [-0.15, -0.1) is 10.2 Å². The maximum Gasteiger partial charge on any atom is 0.182 e. The lowest BCUT2D eigenvalue weighted by atomic mass is 9.96. The number of halogens is 1. The summed E-state index contributed by atoms with van der Waals surface area (Å²) in [6, 6.07) is 3.91. The van der Waals surface area contributed by atoms with Gasteiger partial charge in [-0.05, 0) is 34.7 Å². The van der Waals surface area contributed by atoms with Gasteiger partial charge in [0.15, 0.2) is 17.8 Å².